The summed E-state index contributed by atoms with van der Waals surface area (Å²) in [6.07, 6.45) is 7.80. The second kappa shape index (κ2) is 24.9. The number of aryl methyl sites for hydroxylation is 12. The van der Waals surface area contributed by atoms with E-state index >= 15 is 0 Å². The van der Waals surface area contributed by atoms with E-state index in [1.807, 2.05) is 75.8 Å². The first kappa shape index (κ1) is 46.3. The molecule has 4 aromatic heterocycles. The highest BCUT2D eigenvalue weighted by molar-refractivity contribution is 5.66. The molecule has 0 fully saturated rings. The van der Waals surface area contributed by atoms with Gasteiger partial charge in [-0.15, -0.1) is 0 Å². The Kier molecular flexibility index (Phi) is 15.8. The van der Waals surface area contributed by atoms with Crippen molar-refractivity contribution in [2.75, 3.05) is 0 Å². The zero-order valence-electron chi connectivity index (χ0n) is 55.8. The molecule has 4 aromatic carbocycles. The van der Waals surface area contributed by atoms with E-state index in [1.165, 1.54) is 72.6 Å². The summed E-state index contributed by atoms with van der Waals surface area (Å²) < 4.78 is 70.4. The van der Waals surface area contributed by atoms with Crippen molar-refractivity contribution in [2.45, 2.75) is 130 Å². The molecule has 0 bridgehead atoms. The van der Waals surface area contributed by atoms with Gasteiger partial charge in [0.1, 0.15) is 28.2 Å². The lowest BCUT2D eigenvalue weighted by atomic mass is 9.88. The average Bonchev–Trinajstić information content (AvgIpc) is 3.36. The van der Waals surface area contributed by atoms with E-state index in [9.17, 15) is 0 Å². The van der Waals surface area contributed by atoms with Crippen molar-refractivity contribution in [3.05, 3.63) is 212 Å². The minimum absolute atomic E-state index is 0.0492. The number of nitrogens with zero attached hydrogens (tertiary/aromatic N) is 4. The summed E-state index contributed by atoms with van der Waals surface area (Å²) in [5.74, 6) is -0.0492. The number of hydrogen-bond donors (Lipinski definition) is 0. The van der Waals surface area contributed by atoms with Crippen LogP contribution in [0.25, 0.3) is 45.0 Å². The maximum absolute atomic E-state index is 8.19. The Morgan fingerprint density at radius 3 is 1.26 bits per heavy atom. The van der Waals surface area contributed by atoms with Crippen LogP contribution in [-0.4, -0.2) is 0 Å². The zero-order valence-corrected chi connectivity index (χ0v) is 47.8. The molecule has 4 nitrogen and oxygen atoms in total. The largest absolute Gasteiger partial charge is 0.212 e. The first-order chi connectivity index (χ1) is 37.5. The Labute approximate surface area is 454 Å². The van der Waals surface area contributed by atoms with Gasteiger partial charge in [0.25, 0.3) is 0 Å². The van der Waals surface area contributed by atoms with Crippen LogP contribution in [0.3, 0.4) is 0 Å². The third-order valence-corrected chi connectivity index (χ3v) is 14.0. The van der Waals surface area contributed by atoms with Crippen LogP contribution in [0.5, 0.6) is 0 Å². The van der Waals surface area contributed by atoms with Crippen molar-refractivity contribution in [2.24, 2.45) is 39.5 Å². The van der Waals surface area contributed by atoms with Gasteiger partial charge in [0, 0.05) is 79.7 Å². The Balaban J connectivity index is 0.000000199. The molecule has 0 aliphatic carbocycles. The van der Waals surface area contributed by atoms with Gasteiger partial charge in [0.15, 0.2) is 24.8 Å². The predicted octanol–water partition coefficient (Wildman–Crippen LogP) is 15.2. The number of rotatable bonds is 7. The van der Waals surface area contributed by atoms with E-state index < -0.39 is 20.1 Å². The van der Waals surface area contributed by atoms with Crippen molar-refractivity contribution in [3.8, 4) is 45.0 Å². The number of hydrogen-bond acceptors (Lipinski definition) is 0. The fourth-order valence-corrected chi connectivity index (χ4v) is 9.19. The summed E-state index contributed by atoms with van der Waals surface area (Å²) in [5.41, 5.74) is 24.1. The summed E-state index contributed by atoms with van der Waals surface area (Å²) in [7, 11) is 8.03. The third kappa shape index (κ3) is 15.0. The lowest BCUT2D eigenvalue weighted by molar-refractivity contribution is -0.661. The van der Waals surface area contributed by atoms with Crippen molar-refractivity contribution >= 4 is 0 Å². The number of pyridine rings is 4. The van der Waals surface area contributed by atoms with Gasteiger partial charge in [0.05, 0.1) is 0 Å². The maximum atomic E-state index is 8.19. The summed E-state index contributed by atoms with van der Waals surface area (Å²) in [6, 6.07) is 37.2. The number of benzene rings is 4. The lowest BCUT2D eigenvalue weighted by Crippen LogP contribution is -2.32. The van der Waals surface area contributed by atoms with Crippen LogP contribution >= 0.6 is 0 Å². The highest BCUT2D eigenvalue weighted by Crippen LogP contribution is 2.29. The predicted molar refractivity (Wildman–Crippen MR) is 311 cm³/mol. The molecule has 0 aliphatic rings. The topological polar surface area (TPSA) is 15.5 Å². The molecule has 0 radical (unpaired) electrons. The molecule has 73 heavy (non-hydrogen) atoms. The van der Waals surface area contributed by atoms with E-state index in [2.05, 4.69) is 172 Å². The van der Waals surface area contributed by atoms with Crippen LogP contribution in [0.1, 0.15) is 123 Å². The van der Waals surface area contributed by atoms with Crippen molar-refractivity contribution in [3.63, 3.8) is 0 Å². The molecule has 0 spiro atoms. The SMILES string of the molecule is Cc1cc(-c2ccc(C)c(C)c2C)[n+](C)cc1C.Cc1ccccc1-c1ccc(CC(C)(C)C)c[n+]1C.[2H]C([2H])([2H])c1c[n+](C)c(-c2ccc(C([2H])([2H])[2H])c(C)c2C)cc1C.[2H]C([2H])(c1ccc(-c2ccccc2C)[n+](C)c1)C(C)C. The average molecular weight is 984 g/mol. The fraction of sp³-hybridized carbons (Fsp3) is 0.362. The summed E-state index contributed by atoms with van der Waals surface area (Å²) in [4.78, 5) is 0. The Morgan fingerprint density at radius 2 is 0.808 bits per heavy atom. The molecule has 4 heterocycles. The van der Waals surface area contributed by atoms with E-state index in [-0.39, 0.29) is 5.92 Å². The van der Waals surface area contributed by atoms with E-state index in [0.29, 0.717) is 22.1 Å². The van der Waals surface area contributed by atoms with Gasteiger partial charge < -0.3 is 0 Å². The van der Waals surface area contributed by atoms with Gasteiger partial charge in [-0.1, -0.05) is 83.1 Å². The summed E-state index contributed by atoms with van der Waals surface area (Å²) in [6.45, 7) is 27.0. The fourth-order valence-electron chi connectivity index (χ4n) is 9.19. The summed E-state index contributed by atoms with van der Waals surface area (Å²) >= 11 is 0. The molecule has 0 unspecified atom stereocenters. The normalized spacial score (nSPS) is 13.2. The molecule has 4 heteroatoms. The van der Waals surface area contributed by atoms with Crippen LogP contribution in [0.2, 0.25) is 0 Å². The molecular formula is C69H90N4+4. The van der Waals surface area contributed by atoms with Gasteiger partial charge in [-0.2, -0.15) is 0 Å². The molecule has 0 aliphatic heterocycles. The molecule has 382 valence electrons. The molecular weight excluding hydrogens is 885 g/mol. The Morgan fingerprint density at radius 1 is 0.397 bits per heavy atom. The highest BCUT2D eigenvalue weighted by atomic mass is 14.9. The lowest BCUT2D eigenvalue weighted by Gasteiger charge is -2.17. The number of aromatic nitrogens is 4. The molecule has 0 N–H and O–H groups in total. The molecule has 0 saturated heterocycles. The first-order valence-electron chi connectivity index (χ1n) is 29.7. The summed E-state index contributed by atoms with van der Waals surface area (Å²) in [5, 5.41) is 0. The minimum Gasteiger partial charge on any atom is -0.201 e. The molecule has 8 rings (SSSR count). The van der Waals surface area contributed by atoms with Crippen molar-refractivity contribution < 1.29 is 29.2 Å². The van der Waals surface area contributed by atoms with Gasteiger partial charge >= 0.3 is 0 Å². The van der Waals surface area contributed by atoms with E-state index in [0.717, 1.165) is 40.1 Å². The quantitative estimate of drug-likeness (QED) is 0.141. The highest BCUT2D eigenvalue weighted by Gasteiger charge is 2.19. The molecule has 0 saturated carbocycles. The second-order valence-electron chi connectivity index (χ2n) is 21.7. The smallest absolute Gasteiger partial charge is 0.201 e. The van der Waals surface area contributed by atoms with E-state index in [1.54, 1.807) is 36.9 Å². The van der Waals surface area contributed by atoms with Gasteiger partial charge in [-0.05, 0) is 199 Å². The van der Waals surface area contributed by atoms with Gasteiger partial charge in [-0.25, -0.2) is 18.3 Å². The van der Waals surface area contributed by atoms with Gasteiger partial charge in [0.2, 0.25) is 22.8 Å². The van der Waals surface area contributed by atoms with Crippen LogP contribution < -0.4 is 18.3 Å². The van der Waals surface area contributed by atoms with Crippen LogP contribution in [0.15, 0.2) is 134 Å². The minimum atomic E-state index is -2.16. The standard InChI is InChI=1S/C18H24N.3C17H22N/c1-14-8-6-7-9-16(14)17-11-10-15(13-19(17)5)12-18(2,3)4;2*1-11-7-8-16(15(5)14(11)4)17-9-12(2)13(3)10-18(17)6;1-13(2)11-15-9-10-17(18(4)12-15)16-8-6-5-7-14(16)3/h6-11,13H,12H2,1-5H3;2*7-10H,1-6H3;5-10,12-13H,11H2,1-4H3/q4*+1/i;1D3,3D3;;11D2. The van der Waals surface area contributed by atoms with Gasteiger partial charge in [-0.3, -0.25) is 0 Å². The Hall–Kier alpha value is -6.52. The molecule has 0 amide bonds. The van der Waals surface area contributed by atoms with Crippen LogP contribution in [-0.2, 0) is 41.0 Å². The maximum Gasteiger partial charge on any atom is 0.212 e. The van der Waals surface area contributed by atoms with Crippen LogP contribution in [0.4, 0.5) is 0 Å². The molecule has 8 aromatic rings. The van der Waals surface area contributed by atoms with Crippen molar-refractivity contribution in [1.82, 2.24) is 0 Å². The first-order valence-corrected chi connectivity index (χ1v) is 25.7. The van der Waals surface area contributed by atoms with Crippen LogP contribution in [0, 0.1) is 94.3 Å². The van der Waals surface area contributed by atoms with Crippen molar-refractivity contribution in [1.29, 1.82) is 0 Å². The monoisotopic (exact) mass is 983 g/mol. The van der Waals surface area contributed by atoms with E-state index in [4.69, 9.17) is 11.0 Å². The molecule has 0 atom stereocenters. The Bertz CT molecular complexity index is 3510. The zero-order chi connectivity index (χ0) is 60.9. The third-order valence-electron chi connectivity index (χ3n) is 14.0. The second-order valence-corrected chi connectivity index (χ2v) is 21.7.